The Bertz CT molecular complexity index is 492. The van der Waals surface area contributed by atoms with Crippen LogP contribution in [0.25, 0.3) is 0 Å². The Morgan fingerprint density at radius 3 is 2.60 bits per heavy atom. The second-order valence-electron chi connectivity index (χ2n) is 5.31. The van der Waals surface area contributed by atoms with E-state index in [-0.39, 0.29) is 23.7 Å². The number of carbonyl (C=O) groups excluding carboxylic acids is 2. The number of hydrogen-bond donors (Lipinski definition) is 1. The van der Waals surface area contributed by atoms with Gasteiger partial charge in [0.2, 0.25) is 5.91 Å². The van der Waals surface area contributed by atoms with E-state index < -0.39 is 5.97 Å². The van der Waals surface area contributed by atoms with Gasteiger partial charge in [0.25, 0.3) is 0 Å². The molecular formula is C13H20ClN3O3. The molecular weight excluding hydrogens is 282 g/mol. The highest BCUT2D eigenvalue weighted by Crippen LogP contribution is 2.24. The van der Waals surface area contributed by atoms with Crippen molar-refractivity contribution in [3.05, 3.63) is 11.8 Å². The van der Waals surface area contributed by atoms with Gasteiger partial charge in [-0.15, -0.1) is 11.6 Å². The van der Waals surface area contributed by atoms with Crippen molar-refractivity contribution in [2.45, 2.75) is 39.7 Å². The highest BCUT2D eigenvalue weighted by molar-refractivity contribution is 6.29. The van der Waals surface area contributed by atoms with E-state index in [4.69, 9.17) is 16.3 Å². The quantitative estimate of drug-likeness (QED) is 0.666. The smallest absolute Gasteiger partial charge is 0.327 e. The zero-order valence-electron chi connectivity index (χ0n) is 12.2. The summed E-state index contributed by atoms with van der Waals surface area (Å²) in [6.07, 6.45) is 0. The van der Waals surface area contributed by atoms with Crippen molar-refractivity contribution in [1.29, 1.82) is 0 Å². The summed E-state index contributed by atoms with van der Waals surface area (Å²) in [5.41, 5.74) is 0.576. The third kappa shape index (κ3) is 4.52. The first-order valence-corrected chi connectivity index (χ1v) is 6.91. The number of aromatic nitrogens is 2. The van der Waals surface area contributed by atoms with Gasteiger partial charge in [-0.05, 0) is 6.92 Å². The van der Waals surface area contributed by atoms with Gasteiger partial charge in [0.1, 0.15) is 18.2 Å². The van der Waals surface area contributed by atoms with Crippen LogP contribution in [0.4, 0.5) is 5.82 Å². The molecule has 1 aromatic rings. The van der Waals surface area contributed by atoms with Crippen LogP contribution in [0.2, 0.25) is 0 Å². The molecule has 0 atom stereocenters. The zero-order valence-corrected chi connectivity index (χ0v) is 13.0. The van der Waals surface area contributed by atoms with Crippen LogP contribution in [0, 0.1) is 0 Å². The third-order valence-electron chi connectivity index (χ3n) is 2.52. The maximum Gasteiger partial charge on any atom is 0.327 e. The lowest BCUT2D eigenvalue weighted by Crippen LogP contribution is -2.20. The van der Waals surface area contributed by atoms with Gasteiger partial charge in [-0.25, -0.2) is 4.68 Å². The average molecular weight is 302 g/mol. The molecule has 0 aromatic carbocycles. The Morgan fingerprint density at radius 1 is 1.45 bits per heavy atom. The Balaban J connectivity index is 3.02. The molecule has 1 aromatic heterocycles. The molecule has 0 aliphatic heterocycles. The maximum absolute atomic E-state index is 11.6. The second kappa shape index (κ2) is 6.74. The minimum absolute atomic E-state index is 0.0538. The number of esters is 1. The van der Waals surface area contributed by atoms with E-state index in [0.29, 0.717) is 12.4 Å². The van der Waals surface area contributed by atoms with Crippen molar-refractivity contribution >= 4 is 29.3 Å². The largest absolute Gasteiger partial charge is 0.465 e. The highest BCUT2D eigenvalue weighted by atomic mass is 35.5. The topological polar surface area (TPSA) is 73.2 Å². The number of hydrogen-bond acceptors (Lipinski definition) is 4. The summed E-state index contributed by atoms with van der Waals surface area (Å²) in [4.78, 5) is 23.0. The fourth-order valence-electron chi connectivity index (χ4n) is 1.51. The molecule has 1 heterocycles. The van der Waals surface area contributed by atoms with Crippen LogP contribution in [-0.4, -0.2) is 34.1 Å². The number of halogens is 1. The monoisotopic (exact) mass is 301 g/mol. The summed E-state index contributed by atoms with van der Waals surface area (Å²) in [5, 5.41) is 6.97. The molecule has 1 N–H and O–H groups in total. The van der Waals surface area contributed by atoms with Crippen LogP contribution < -0.4 is 5.32 Å². The SMILES string of the molecule is CCOC(=O)Cn1nc(C(C)(C)C)cc1NC(=O)CCl. The number of ether oxygens (including phenoxy) is 1. The normalized spacial score (nSPS) is 11.2. The number of amides is 1. The molecule has 7 heteroatoms. The standard InChI is InChI=1S/C13H20ClN3O3/c1-5-20-12(19)8-17-10(15-11(18)7-14)6-9(16-17)13(2,3)4/h6H,5,7-8H2,1-4H3,(H,15,18). The van der Waals surface area contributed by atoms with E-state index in [0.717, 1.165) is 5.69 Å². The van der Waals surface area contributed by atoms with Gasteiger partial charge in [-0.2, -0.15) is 5.10 Å². The van der Waals surface area contributed by atoms with Crippen molar-refractivity contribution < 1.29 is 14.3 Å². The molecule has 1 amide bonds. The Morgan fingerprint density at radius 2 is 2.10 bits per heavy atom. The van der Waals surface area contributed by atoms with Crippen molar-refractivity contribution in [2.75, 3.05) is 17.8 Å². The molecule has 0 fully saturated rings. The molecule has 6 nitrogen and oxygen atoms in total. The molecule has 1 rings (SSSR count). The molecule has 0 aliphatic carbocycles. The third-order valence-corrected chi connectivity index (χ3v) is 2.76. The van der Waals surface area contributed by atoms with Gasteiger partial charge >= 0.3 is 5.97 Å². The van der Waals surface area contributed by atoms with E-state index >= 15 is 0 Å². The molecule has 0 spiro atoms. The minimum Gasteiger partial charge on any atom is -0.465 e. The van der Waals surface area contributed by atoms with E-state index in [1.54, 1.807) is 13.0 Å². The summed E-state index contributed by atoms with van der Waals surface area (Å²) in [5.74, 6) is -0.474. The molecule has 0 unspecified atom stereocenters. The number of nitrogens with one attached hydrogen (secondary N) is 1. The average Bonchev–Trinajstić information content (AvgIpc) is 2.72. The minimum atomic E-state index is -0.405. The summed E-state index contributed by atoms with van der Waals surface area (Å²) < 4.78 is 6.31. The number of nitrogens with zero attached hydrogens (tertiary/aromatic N) is 2. The first-order chi connectivity index (χ1) is 9.27. The van der Waals surface area contributed by atoms with Crippen LogP contribution in [0.15, 0.2) is 6.07 Å². The fourth-order valence-corrected chi connectivity index (χ4v) is 1.58. The Labute approximate surface area is 123 Å². The van der Waals surface area contributed by atoms with Crippen LogP contribution >= 0.6 is 11.6 Å². The van der Waals surface area contributed by atoms with Gasteiger partial charge in [-0.3, -0.25) is 9.59 Å². The predicted molar refractivity (Wildman–Crippen MR) is 76.9 cm³/mol. The van der Waals surface area contributed by atoms with E-state index in [1.807, 2.05) is 20.8 Å². The molecule has 0 radical (unpaired) electrons. The van der Waals surface area contributed by atoms with Gasteiger partial charge in [0, 0.05) is 11.5 Å². The maximum atomic E-state index is 11.6. The number of carbonyl (C=O) groups is 2. The van der Waals surface area contributed by atoms with Gasteiger partial charge < -0.3 is 10.1 Å². The van der Waals surface area contributed by atoms with Crippen LogP contribution in [-0.2, 0) is 26.3 Å². The first kappa shape index (κ1) is 16.5. The molecule has 0 aliphatic rings. The molecule has 112 valence electrons. The Kier molecular flexibility index (Phi) is 5.56. The number of anilines is 1. The lowest BCUT2D eigenvalue weighted by molar-refractivity contribution is -0.144. The number of rotatable bonds is 5. The van der Waals surface area contributed by atoms with Gasteiger partial charge in [0.05, 0.1) is 12.3 Å². The van der Waals surface area contributed by atoms with Crippen molar-refractivity contribution in [2.24, 2.45) is 0 Å². The summed E-state index contributed by atoms with van der Waals surface area (Å²) in [6.45, 7) is 7.97. The molecule has 0 bridgehead atoms. The highest BCUT2D eigenvalue weighted by Gasteiger charge is 2.21. The first-order valence-electron chi connectivity index (χ1n) is 6.37. The van der Waals surface area contributed by atoms with Crippen molar-refractivity contribution in [3.63, 3.8) is 0 Å². The molecule has 20 heavy (non-hydrogen) atoms. The van der Waals surface area contributed by atoms with E-state index in [2.05, 4.69) is 10.4 Å². The van der Waals surface area contributed by atoms with E-state index in [1.165, 1.54) is 4.68 Å². The fraction of sp³-hybridized carbons (Fsp3) is 0.615. The zero-order chi connectivity index (χ0) is 15.3. The lowest BCUT2D eigenvalue weighted by atomic mass is 9.92. The van der Waals surface area contributed by atoms with Crippen LogP contribution in [0.5, 0.6) is 0 Å². The van der Waals surface area contributed by atoms with Crippen LogP contribution in [0.3, 0.4) is 0 Å². The van der Waals surface area contributed by atoms with E-state index in [9.17, 15) is 9.59 Å². The summed E-state index contributed by atoms with van der Waals surface area (Å²) in [6, 6.07) is 1.74. The van der Waals surface area contributed by atoms with Crippen molar-refractivity contribution in [3.8, 4) is 0 Å². The summed E-state index contributed by atoms with van der Waals surface area (Å²) in [7, 11) is 0. The van der Waals surface area contributed by atoms with Gasteiger partial charge in [-0.1, -0.05) is 20.8 Å². The van der Waals surface area contributed by atoms with Crippen molar-refractivity contribution in [1.82, 2.24) is 9.78 Å². The van der Waals surface area contributed by atoms with Crippen LogP contribution in [0.1, 0.15) is 33.4 Å². The molecule has 0 saturated carbocycles. The Hall–Kier alpha value is -1.56. The summed E-state index contributed by atoms with van der Waals surface area (Å²) >= 11 is 5.47. The molecule has 0 saturated heterocycles. The second-order valence-corrected chi connectivity index (χ2v) is 5.58. The number of alkyl halides is 1. The predicted octanol–water partition coefficient (Wildman–Crippen LogP) is 1.92. The lowest BCUT2D eigenvalue weighted by Gasteiger charge is -2.14. The van der Waals surface area contributed by atoms with Gasteiger partial charge in [0.15, 0.2) is 0 Å².